The first-order valence-corrected chi connectivity index (χ1v) is 9.53. The van der Waals surface area contributed by atoms with Crippen LogP contribution in [-0.4, -0.2) is 22.6 Å². The molecule has 0 amide bonds. The van der Waals surface area contributed by atoms with E-state index in [9.17, 15) is 0 Å². The zero-order chi connectivity index (χ0) is 18.4. The highest BCUT2D eigenvalue weighted by atomic mass is 16.3. The molecule has 0 unspecified atom stereocenters. The first-order valence-electron chi connectivity index (χ1n) is 9.53. The lowest BCUT2D eigenvalue weighted by Crippen LogP contribution is -2.38. The Morgan fingerprint density at radius 1 is 1.12 bits per heavy atom. The number of hydrogen-bond acceptors (Lipinski definition) is 4. The number of pyridine rings is 1. The summed E-state index contributed by atoms with van der Waals surface area (Å²) in [6.45, 7) is 12.1. The van der Waals surface area contributed by atoms with Gasteiger partial charge in [-0.3, -0.25) is 0 Å². The van der Waals surface area contributed by atoms with E-state index in [2.05, 4.69) is 86.1 Å². The van der Waals surface area contributed by atoms with Gasteiger partial charge < -0.3 is 14.2 Å². The van der Waals surface area contributed by atoms with Crippen molar-refractivity contribution in [3.05, 3.63) is 47.9 Å². The maximum Gasteiger partial charge on any atom is 0.227 e. The van der Waals surface area contributed by atoms with Crippen LogP contribution in [0.15, 0.2) is 41.1 Å². The van der Waals surface area contributed by atoms with E-state index < -0.39 is 0 Å². The summed E-state index contributed by atoms with van der Waals surface area (Å²) in [6.07, 6.45) is 5.55. The van der Waals surface area contributed by atoms with Gasteiger partial charge in [-0.15, -0.1) is 0 Å². The number of furan rings is 1. The van der Waals surface area contributed by atoms with Crippen LogP contribution in [0.25, 0.3) is 22.1 Å². The summed E-state index contributed by atoms with van der Waals surface area (Å²) in [7, 11) is 0. The van der Waals surface area contributed by atoms with Gasteiger partial charge in [0.15, 0.2) is 5.58 Å². The fourth-order valence-corrected chi connectivity index (χ4v) is 3.82. The average Bonchev–Trinajstić information content (AvgIpc) is 3.15. The van der Waals surface area contributed by atoms with E-state index in [4.69, 9.17) is 4.42 Å². The molecule has 0 N–H and O–H groups in total. The Balaban J connectivity index is 1.85. The lowest BCUT2D eigenvalue weighted by molar-refractivity contribution is 0.284. The van der Waals surface area contributed by atoms with Crippen LogP contribution in [-0.2, 0) is 6.42 Å². The number of hydrogen-bond donors (Lipinski definition) is 0. The molecule has 2 aromatic heterocycles. The second-order valence-corrected chi connectivity index (χ2v) is 7.65. The summed E-state index contributed by atoms with van der Waals surface area (Å²) in [6, 6.07) is 8.58. The summed E-state index contributed by atoms with van der Waals surface area (Å²) in [4.78, 5) is 9.40. The van der Waals surface area contributed by atoms with Gasteiger partial charge in [0.05, 0.1) is 5.69 Å². The van der Waals surface area contributed by atoms with Gasteiger partial charge in [0.25, 0.3) is 0 Å². The summed E-state index contributed by atoms with van der Waals surface area (Å²) in [5.74, 6) is 0.627. The molecule has 4 heteroatoms. The van der Waals surface area contributed by atoms with Crippen molar-refractivity contribution in [2.45, 2.75) is 47.2 Å². The summed E-state index contributed by atoms with van der Waals surface area (Å²) in [5.41, 5.74) is 5.10. The minimum Gasteiger partial charge on any atom is -0.435 e. The molecule has 0 spiro atoms. The van der Waals surface area contributed by atoms with Gasteiger partial charge in [-0.2, -0.15) is 0 Å². The molecule has 0 fully saturated rings. The Hall–Kier alpha value is -2.49. The van der Waals surface area contributed by atoms with Gasteiger partial charge in [-0.25, -0.2) is 4.98 Å². The second kappa shape index (κ2) is 6.35. The Labute approximate surface area is 155 Å². The van der Waals surface area contributed by atoms with Crippen LogP contribution in [0.4, 0.5) is 5.69 Å². The van der Waals surface area contributed by atoms with Crippen molar-refractivity contribution in [1.82, 2.24) is 9.88 Å². The fraction of sp³-hybridized carbons (Fsp3) is 0.409. The molecule has 0 radical (unpaired) electrons. The zero-order valence-electron chi connectivity index (χ0n) is 16.3. The van der Waals surface area contributed by atoms with E-state index in [0.29, 0.717) is 5.92 Å². The van der Waals surface area contributed by atoms with Gasteiger partial charge >= 0.3 is 0 Å². The SMILES string of the molecule is CCc1ccc2c(n1)oc1c(N3C=CN(CC(C)C)[C@@H]3C)c(C)ccc12. The van der Waals surface area contributed by atoms with Gasteiger partial charge in [0.2, 0.25) is 5.71 Å². The summed E-state index contributed by atoms with van der Waals surface area (Å²) >= 11 is 0. The van der Waals surface area contributed by atoms with Crippen LogP contribution >= 0.6 is 0 Å². The van der Waals surface area contributed by atoms with E-state index >= 15 is 0 Å². The quantitative estimate of drug-likeness (QED) is 0.627. The minimum absolute atomic E-state index is 0.272. The minimum atomic E-state index is 0.272. The van der Waals surface area contributed by atoms with Crippen LogP contribution in [0, 0.1) is 12.8 Å². The van der Waals surface area contributed by atoms with Crippen LogP contribution in [0.3, 0.4) is 0 Å². The molecule has 0 saturated heterocycles. The van der Waals surface area contributed by atoms with Crippen molar-refractivity contribution in [3.8, 4) is 0 Å². The standard InChI is InChI=1S/C22H27N3O/c1-6-17-8-10-19-18-9-7-15(4)20(21(18)26-22(19)23-17)25-12-11-24(16(25)5)13-14(2)3/h7-12,14,16H,6,13H2,1-5H3/t16-/m0/s1. The van der Waals surface area contributed by atoms with Gasteiger partial charge in [-0.05, 0) is 43.9 Å². The lowest BCUT2D eigenvalue weighted by atomic mass is 10.1. The van der Waals surface area contributed by atoms with E-state index in [1.54, 1.807) is 0 Å². The highest BCUT2D eigenvalue weighted by molar-refractivity contribution is 6.08. The number of anilines is 1. The molecular formula is C22H27N3O. The van der Waals surface area contributed by atoms with Crippen molar-refractivity contribution < 1.29 is 4.42 Å². The number of benzene rings is 1. The second-order valence-electron chi connectivity index (χ2n) is 7.65. The fourth-order valence-electron chi connectivity index (χ4n) is 3.82. The van der Waals surface area contributed by atoms with Gasteiger partial charge in [0, 0.05) is 35.4 Å². The maximum absolute atomic E-state index is 6.28. The molecular weight excluding hydrogens is 322 g/mol. The first-order chi connectivity index (χ1) is 12.5. The Kier molecular flexibility index (Phi) is 4.14. The predicted molar refractivity (Wildman–Crippen MR) is 108 cm³/mol. The number of aryl methyl sites for hydroxylation is 2. The zero-order valence-corrected chi connectivity index (χ0v) is 16.3. The molecule has 0 bridgehead atoms. The molecule has 3 aromatic rings. The van der Waals surface area contributed by atoms with Crippen LogP contribution < -0.4 is 4.90 Å². The van der Waals surface area contributed by atoms with Crippen molar-refractivity contribution in [2.75, 3.05) is 11.4 Å². The number of nitrogens with zero attached hydrogens (tertiary/aromatic N) is 3. The molecule has 1 aliphatic rings. The summed E-state index contributed by atoms with van der Waals surface area (Å²) < 4.78 is 6.28. The average molecular weight is 349 g/mol. The third-order valence-corrected chi connectivity index (χ3v) is 5.24. The van der Waals surface area contributed by atoms with Crippen molar-refractivity contribution in [3.63, 3.8) is 0 Å². The molecule has 0 saturated carbocycles. The molecule has 136 valence electrons. The number of aromatic nitrogens is 1. The van der Waals surface area contributed by atoms with Crippen LogP contribution in [0.1, 0.15) is 39.0 Å². The van der Waals surface area contributed by atoms with Crippen molar-refractivity contribution >= 4 is 27.8 Å². The van der Waals surface area contributed by atoms with Gasteiger partial charge in [0.1, 0.15) is 6.17 Å². The highest BCUT2D eigenvalue weighted by Gasteiger charge is 2.27. The van der Waals surface area contributed by atoms with Crippen molar-refractivity contribution in [2.24, 2.45) is 5.92 Å². The Bertz CT molecular complexity index is 986. The Morgan fingerprint density at radius 2 is 1.88 bits per heavy atom. The number of rotatable bonds is 4. The van der Waals surface area contributed by atoms with Crippen molar-refractivity contribution in [1.29, 1.82) is 0 Å². The first kappa shape index (κ1) is 17.0. The molecule has 0 aliphatic carbocycles. The Morgan fingerprint density at radius 3 is 2.62 bits per heavy atom. The predicted octanol–water partition coefficient (Wildman–Crippen LogP) is 5.45. The maximum atomic E-state index is 6.28. The summed E-state index contributed by atoms with van der Waals surface area (Å²) in [5, 5.41) is 2.23. The largest absolute Gasteiger partial charge is 0.435 e. The molecule has 4 nitrogen and oxygen atoms in total. The monoisotopic (exact) mass is 349 g/mol. The van der Waals surface area contributed by atoms with Gasteiger partial charge in [-0.1, -0.05) is 32.9 Å². The third kappa shape index (κ3) is 2.64. The van der Waals surface area contributed by atoms with E-state index in [1.165, 1.54) is 5.56 Å². The molecule has 4 rings (SSSR count). The molecule has 1 atom stereocenters. The molecule has 1 aliphatic heterocycles. The smallest absolute Gasteiger partial charge is 0.227 e. The lowest BCUT2D eigenvalue weighted by Gasteiger charge is -2.31. The third-order valence-electron chi connectivity index (χ3n) is 5.24. The number of fused-ring (bicyclic) bond motifs is 3. The normalized spacial score (nSPS) is 17.4. The molecule has 3 heterocycles. The topological polar surface area (TPSA) is 32.5 Å². The van der Waals surface area contributed by atoms with E-state index in [1.807, 2.05) is 0 Å². The van der Waals surface area contributed by atoms with E-state index in [-0.39, 0.29) is 6.17 Å². The van der Waals surface area contributed by atoms with Crippen LogP contribution in [0.2, 0.25) is 0 Å². The molecule has 26 heavy (non-hydrogen) atoms. The highest BCUT2D eigenvalue weighted by Crippen LogP contribution is 2.39. The van der Waals surface area contributed by atoms with Crippen LogP contribution in [0.5, 0.6) is 0 Å². The van der Waals surface area contributed by atoms with E-state index in [0.717, 1.165) is 46.4 Å². The molecule has 1 aromatic carbocycles.